The van der Waals surface area contributed by atoms with Gasteiger partial charge in [-0.15, -0.1) is 0 Å². The minimum Gasteiger partial charge on any atom is -0.493 e. The highest BCUT2D eigenvalue weighted by molar-refractivity contribution is 5.46. The third-order valence-electron chi connectivity index (χ3n) is 3.48. The molecule has 0 aliphatic rings. The number of hydrogen-bond donors (Lipinski definition) is 1. The van der Waals surface area contributed by atoms with Crippen molar-refractivity contribution in [3.05, 3.63) is 28.3 Å². The van der Waals surface area contributed by atoms with Crippen molar-refractivity contribution in [2.75, 3.05) is 13.2 Å². The molecule has 0 saturated carbocycles. The molecule has 0 bridgehead atoms. The fraction of sp³-hybridized carbons (Fsp3) is 0.600. The lowest BCUT2D eigenvalue weighted by Crippen LogP contribution is -2.44. The van der Waals surface area contributed by atoms with E-state index in [1.165, 1.54) is 12.1 Å². The van der Waals surface area contributed by atoms with E-state index < -0.39 is 10.5 Å². The summed E-state index contributed by atoms with van der Waals surface area (Å²) in [5.74, 6) is 0.851. The first-order valence-corrected chi connectivity index (χ1v) is 7.28. The lowest BCUT2D eigenvalue weighted by molar-refractivity contribution is -0.385. The van der Waals surface area contributed by atoms with Crippen LogP contribution in [0.5, 0.6) is 11.5 Å². The lowest BCUT2D eigenvalue weighted by Gasteiger charge is -2.26. The van der Waals surface area contributed by atoms with Crippen LogP contribution >= 0.6 is 0 Å². The monoisotopic (exact) mass is 296 g/mol. The summed E-state index contributed by atoms with van der Waals surface area (Å²) in [5, 5.41) is 11.0. The van der Waals surface area contributed by atoms with E-state index in [0.717, 1.165) is 19.3 Å². The third-order valence-corrected chi connectivity index (χ3v) is 3.48. The summed E-state index contributed by atoms with van der Waals surface area (Å²) in [6.07, 6.45) is 2.38. The molecule has 118 valence electrons. The molecule has 6 heteroatoms. The summed E-state index contributed by atoms with van der Waals surface area (Å²) in [6.45, 7) is 6.78. The quantitative estimate of drug-likeness (QED) is 0.558. The van der Waals surface area contributed by atoms with E-state index in [2.05, 4.69) is 0 Å². The zero-order chi connectivity index (χ0) is 15.9. The Morgan fingerprint density at radius 3 is 2.19 bits per heavy atom. The Labute approximate surface area is 125 Å². The number of nitrogens with two attached hydrogens (primary N) is 1. The number of nitro groups is 1. The molecule has 2 N–H and O–H groups in total. The molecule has 0 aromatic heterocycles. The van der Waals surface area contributed by atoms with Crippen LogP contribution in [-0.4, -0.2) is 23.7 Å². The summed E-state index contributed by atoms with van der Waals surface area (Å²) >= 11 is 0. The largest absolute Gasteiger partial charge is 0.493 e. The van der Waals surface area contributed by atoms with E-state index in [1.807, 2.05) is 20.8 Å². The van der Waals surface area contributed by atoms with Crippen molar-refractivity contribution in [3.63, 3.8) is 0 Å². The Hall–Kier alpha value is -1.82. The van der Waals surface area contributed by atoms with Gasteiger partial charge in [0.05, 0.1) is 23.7 Å². The van der Waals surface area contributed by atoms with Gasteiger partial charge >= 0.3 is 0 Å². The van der Waals surface area contributed by atoms with Gasteiger partial charge in [0.2, 0.25) is 0 Å². The van der Waals surface area contributed by atoms with Crippen LogP contribution in [0.2, 0.25) is 0 Å². The molecule has 6 nitrogen and oxygen atoms in total. The molecule has 1 aromatic carbocycles. The second kappa shape index (κ2) is 7.83. The molecule has 0 atom stereocenters. The molecule has 1 rings (SSSR count). The topological polar surface area (TPSA) is 87.6 Å². The van der Waals surface area contributed by atoms with E-state index in [9.17, 15) is 10.1 Å². The molecule has 0 saturated heterocycles. The van der Waals surface area contributed by atoms with Crippen LogP contribution in [0.3, 0.4) is 0 Å². The minimum absolute atomic E-state index is 0.0470. The highest BCUT2D eigenvalue weighted by atomic mass is 16.6. The number of hydrogen-bond acceptors (Lipinski definition) is 5. The zero-order valence-electron chi connectivity index (χ0n) is 12.9. The van der Waals surface area contributed by atoms with Crippen LogP contribution in [-0.2, 0) is 0 Å². The Kier molecular flexibility index (Phi) is 6.42. The van der Waals surface area contributed by atoms with E-state index >= 15 is 0 Å². The van der Waals surface area contributed by atoms with Gasteiger partial charge in [0.1, 0.15) is 18.1 Å². The zero-order valence-corrected chi connectivity index (χ0v) is 12.9. The SMILES string of the molecule is CCCOc1cc(OCC(N)(CC)CC)cc([N+](=O)[O-])c1. The number of ether oxygens (including phenoxy) is 2. The Balaban J connectivity index is 2.89. The summed E-state index contributed by atoms with van der Waals surface area (Å²) in [6, 6.07) is 4.46. The van der Waals surface area contributed by atoms with Crippen LogP contribution in [0.4, 0.5) is 5.69 Å². The molecule has 0 fully saturated rings. The maximum atomic E-state index is 11.0. The maximum Gasteiger partial charge on any atom is 0.276 e. The molecule has 0 unspecified atom stereocenters. The normalized spacial score (nSPS) is 11.2. The smallest absolute Gasteiger partial charge is 0.276 e. The molecule has 0 heterocycles. The molecule has 0 aliphatic carbocycles. The third kappa shape index (κ3) is 5.23. The second-order valence-corrected chi connectivity index (χ2v) is 5.13. The van der Waals surface area contributed by atoms with Gasteiger partial charge in [0.15, 0.2) is 0 Å². The first kappa shape index (κ1) is 17.2. The van der Waals surface area contributed by atoms with Crippen LogP contribution in [0.25, 0.3) is 0 Å². The van der Waals surface area contributed by atoms with Gasteiger partial charge in [0, 0.05) is 11.6 Å². The maximum absolute atomic E-state index is 11.0. The summed E-state index contributed by atoms with van der Waals surface area (Å²) in [7, 11) is 0. The van der Waals surface area contributed by atoms with Crippen LogP contribution in [0, 0.1) is 10.1 Å². The van der Waals surface area contributed by atoms with E-state index in [4.69, 9.17) is 15.2 Å². The molecule has 1 aromatic rings. The van der Waals surface area contributed by atoms with Crippen LogP contribution in [0.1, 0.15) is 40.0 Å². The predicted molar refractivity (Wildman–Crippen MR) is 81.9 cm³/mol. The van der Waals surface area contributed by atoms with Gasteiger partial charge in [-0.2, -0.15) is 0 Å². The number of nitro benzene ring substituents is 1. The minimum atomic E-state index is -0.457. The molecular formula is C15H24N2O4. The lowest BCUT2D eigenvalue weighted by atomic mass is 9.96. The standard InChI is InChI=1S/C15H24N2O4/c1-4-7-20-13-8-12(17(18)19)9-14(10-13)21-11-15(16,5-2)6-3/h8-10H,4-7,11,16H2,1-3H3. The number of nitrogens with zero attached hydrogens (tertiary/aromatic N) is 1. The van der Waals surface area contributed by atoms with E-state index in [-0.39, 0.29) is 5.69 Å². The van der Waals surface area contributed by atoms with Gasteiger partial charge in [-0.1, -0.05) is 20.8 Å². The van der Waals surface area contributed by atoms with Crippen molar-refractivity contribution in [2.24, 2.45) is 5.73 Å². The number of benzene rings is 1. The molecule has 21 heavy (non-hydrogen) atoms. The van der Waals surface area contributed by atoms with Crippen LogP contribution in [0.15, 0.2) is 18.2 Å². The first-order chi connectivity index (χ1) is 9.94. The summed E-state index contributed by atoms with van der Waals surface area (Å²) in [5.41, 5.74) is 5.70. The molecule has 0 amide bonds. The first-order valence-electron chi connectivity index (χ1n) is 7.28. The average molecular weight is 296 g/mol. The Morgan fingerprint density at radius 2 is 1.71 bits per heavy atom. The number of rotatable bonds is 9. The fourth-order valence-corrected chi connectivity index (χ4v) is 1.73. The second-order valence-electron chi connectivity index (χ2n) is 5.13. The van der Waals surface area contributed by atoms with Crippen molar-refractivity contribution >= 4 is 5.69 Å². The van der Waals surface area contributed by atoms with Gasteiger partial charge in [-0.25, -0.2) is 0 Å². The van der Waals surface area contributed by atoms with E-state index in [0.29, 0.717) is 24.7 Å². The molecular weight excluding hydrogens is 272 g/mol. The van der Waals surface area contributed by atoms with Gasteiger partial charge in [-0.3, -0.25) is 10.1 Å². The Morgan fingerprint density at radius 1 is 1.14 bits per heavy atom. The van der Waals surface area contributed by atoms with Gasteiger partial charge in [-0.05, 0) is 19.3 Å². The fourth-order valence-electron chi connectivity index (χ4n) is 1.73. The summed E-state index contributed by atoms with van der Waals surface area (Å²) < 4.78 is 11.1. The molecule has 0 spiro atoms. The van der Waals surface area contributed by atoms with Crippen molar-refractivity contribution in [3.8, 4) is 11.5 Å². The van der Waals surface area contributed by atoms with Crippen molar-refractivity contribution in [2.45, 2.75) is 45.6 Å². The van der Waals surface area contributed by atoms with Crippen molar-refractivity contribution in [1.82, 2.24) is 0 Å². The van der Waals surface area contributed by atoms with Crippen molar-refractivity contribution in [1.29, 1.82) is 0 Å². The number of non-ortho nitro benzene ring substituents is 1. The molecule has 0 radical (unpaired) electrons. The highest BCUT2D eigenvalue weighted by Gasteiger charge is 2.22. The van der Waals surface area contributed by atoms with Gasteiger partial charge < -0.3 is 15.2 Å². The van der Waals surface area contributed by atoms with E-state index in [1.54, 1.807) is 6.07 Å². The average Bonchev–Trinajstić information content (AvgIpc) is 2.50. The molecule has 0 aliphatic heterocycles. The van der Waals surface area contributed by atoms with Gasteiger partial charge in [0.25, 0.3) is 5.69 Å². The highest BCUT2D eigenvalue weighted by Crippen LogP contribution is 2.28. The Bertz CT molecular complexity index is 473. The predicted octanol–water partition coefficient (Wildman–Crippen LogP) is 3.28. The van der Waals surface area contributed by atoms with Crippen LogP contribution < -0.4 is 15.2 Å². The summed E-state index contributed by atoms with van der Waals surface area (Å²) in [4.78, 5) is 10.5. The van der Waals surface area contributed by atoms with Crippen molar-refractivity contribution < 1.29 is 14.4 Å².